The van der Waals surface area contributed by atoms with Crippen LogP contribution in [0.15, 0.2) is 400 Å². The van der Waals surface area contributed by atoms with E-state index in [0.29, 0.717) is 0 Å². The Morgan fingerprint density at radius 3 is 1.30 bits per heavy atom. The number of hydrogen-bond donors (Lipinski definition) is 0. The van der Waals surface area contributed by atoms with Crippen LogP contribution < -0.4 is 51.6 Å². The van der Waals surface area contributed by atoms with Crippen LogP contribution in [0.3, 0.4) is 0 Å². The normalized spacial score (nSPS) is 14.1. The quantitative estimate of drug-likeness (QED) is 0.0691. The van der Waals surface area contributed by atoms with E-state index in [9.17, 15) is 10.1 Å². The molecule has 0 aromatic heterocycles. The predicted molar refractivity (Wildman–Crippen MR) is 464 cm³/mol. The van der Waals surface area contributed by atoms with E-state index in [4.69, 9.17) is 0 Å². The summed E-state index contributed by atoms with van der Waals surface area (Å²) in [5.41, 5.74) is 15.6. The van der Waals surface area contributed by atoms with Crippen molar-refractivity contribution in [2.24, 2.45) is 0 Å². The Hall–Kier alpha value is -12.6. The van der Waals surface area contributed by atoms with Crippen LogP contribution in [-0.2, 0) is 25.7 Å². The second-order valence-electron chi connectivity index (χ2n) is 27.4. The molecular weight excluding hydrogens is 1350 g/mol. The van der Waals surface area contributed by atoms with Gasteiger partial charge in [0.25, 0.3) is 5.69 Å². The van der Waals surface area contributed by atoms with Crippen LogP contribution in [0, 0.1) is 10.1 Å². The van der Waals surface area contributed by atoms with Crippen molar-refractivity contribution in [1.29, 1.82) is 0 Å². The van der Waals surface area contributed by atoms with Crippen LogP contribution in [0.2, 0.25) is 0 Å². The molecule has 7 heteroatoms. The molecular formula is C100H80N2O2Si3. The fourth-order valence-electron chi connectivity index (χ4n) is 16.6. The topological polar surface area (TPSA) is 46.4 Å². The molecule has 0 amide bonds. The molecule has 4 nitrogen and oxygen atoms in total. The van der Waals surface area contributed by atoms with Gasteiger partial charge in [0.15, 0.2) is 0 Å². The van der Waals surface area contributed by atoms with Crippen molar-refractivity contribution in [2.75, 3.05) is 4.90 Å². The van der Waals surface area contributed by atoms with Crippen LogP contribution >= 0.6 is 0 Å². The first kappa shape index (κ1) is 68.8. The van der Waals surface area contributed by atoms with Crippen molar-refractivity contribution in [1.82, 2.24) is 0 Å². The summed E-state index contributed by atoms with van der Waals surface area (Å²) in [6.45, 7) is 0. The van der Waals surface area contributed by atoms with E-state index >= 15 is 0 Å². The van der Waals surface area contributed by atoms with E-state index in [0.717, 1.165) is 30.9 Å². The Kier molecular flexibility index (Phi) is 20.9. The van der Waals surface area contributed by atoms with E-state index in [1.165, 1.54) is 109 Å². The summed E-state index contributed by atoms with van der Waals surface area (Å²) in [6.07, 6.45) is 17.7. The van der Waals surface area contributed by atoms with E-state index in [1.807, 2.05) is 140 Å². The van der Waals surface area contributed by atoms with Crippen molar-refractivity contribution in [3.63, 3.8) is 0 Å². The van der Waals surface area contributed by atoms with Gasteiger partial charge in [0.05, 0.1) is 4.92 Å². The summed E-state index contributed by atoms with van der Waals surface area (Å²) < 4.78 is 0. The Morgan fingerprint density at radius 2 is 0.748 bits per heavy atom. The molecule has 3 atom stereocenters. The fourth-order valence-corrected chi connectivity index (χ4v) is 27.2. The van der Waals surface area contributed by atoms with E-state index in [1.54, 1.807) is 38.8 Å². The molecule has 3 unspecified atom stereocenters. The van der Waals surface area contributed by atoms with E-state index < -0.39 is 26.4 Å². The minimum atomic E-state index is -2.03. The maximum Gasteiger partial charge on any atom is 0.269 e. The number of rotatable bonds is 7. The minimum absolute atomic E-state index is 0.222. The summed E-state index contributed by atoms with van der Waals surface area (Å²) in [7, 11) is -5.16. The number of para-hydroxylation sites is 3. The Morgan fingerprint density at radius 1 is 0.327 bits per heavy atom. The lowest BCUT2D eigenvalue weighted by molar-refractivity contribution is -0.383. The molecule has 0 saturated carbocycles. The van der Waals surface area contributed by atoms with Gasteiger partial charge < -0.3 is 4.90 Å². The molecule has 3 aliphatic carbocycles. The maximum atomic E-state index is 11.8. The zero-order valence-corrected chi connectivity index (χ0v) is 63.1. The molecule has 2 heterocycles. The third kappa shape index (κ3) is 14.6. The number of anilines is 3. The second-order valence-corrected chi connectivity index (χ2v) is 35.7. The van der Waals surface area contributed by atoms with Crippen molar-refractivity contribution in [3.8, 4) is 0 Å². The number of nitro benzene ring substituents is 1. The van der Waals surface area contributed by atoms with Gasteiger partial charge in [-0.2, -0.15) is 0 Å². The molecule has 514 valence electrons. The standard InChI is InChI=1S/C31H23NSi.C26H20Si.C25H19NO2Si.3C6H6/c1-3-14-24(15-4-1)32-27-19-7-8-20-29(27)33(25-16-5-2-6-17-25)31-26-18-10-12-22-11-9-13-23(30(22)26)21-28(31)32;1-2-12-22(13-3-1)27-24-15-5-4-8-19(24)16-21-17-20-11-6-9-18-10-7-14-23(25(18)20)26(21)27;27-26(28)22-14-4-5-15-24(22)29(20-11-2-1-3-12-20)23-17-16-19-9-6-8-18-10-7-13-21(23)25(18)19;3*1-2-4-6-5-3-1/h1-17,19-21,33H,18H2;1-13,15,17,27H,14,16H2;1-12,14-17,29H,13H2;3*1-6H. The van der Waals surface area contributed by atoms with Crippen molar-refractivity contribution in [3.05, 3.63) is 455 Å². The molecule has 0 N–H and O–H groups in total. The third-order valence-electron chi connectivity index (χ3n) is 21.1. The smallest absolute Gasteiger partial charge is 0.269 e. The maximum absolute atomic E-state index is 11.8. The van der Waals surface area contributed by atoms with Crippen molar-refractivity contribution >= 4 is 146 Å². The van der Waals surface area contributed by atoms with Crippen LogP contribution in [-0.4, -0.2) is 31.3 Å². The summed E-state index contributed by atoms with van der Waals surface area (Å²) in [6, 6.07) is 134. The lowest BCUT2D eigenvalue weighted by atomic mass is 9.89. The summed E-state index contributed by atoms with van der Waals surface area (Å²) in [4.78, 5) is 14.1. The average molecular weight is 1430 g/mol. The monoisotopic (exact) mass is 1420 g/mol. The number of benzene rings is 16. The van der Waals surface area contributed by atoms with Gasteiger partial charge >= 0.3 is 0 Å². The third-order valence-corrected chi connectivity index (χ3v) is 31.3. The molecule has 0 bridgehead atoms. The highest BCUT2D eigenvalue weighted by molar-refractivity contribution is 6.99. The Labute approximate surface area is 632 Å². The molecule has 0 saturated heterocycles. The number of hydrogen-bond acceptors (Lipinski definition) is 3. The largest absolute Gasteiger partial charge is 0.311 e. The first-order valence-corrected chi connectivity index (χ1v) is 42.3. The van der Waals surface area contributed by atoms with E-state index in [-0.39, 0.29) is 10.6 Å². The van der Waals surface area contributed by atoms with E-state index in [2.05, 4.69) is 272 Å². The lowest BCUT2D eigenvalue weighted by Crippen LogP contribution is -2.58. The SMILES string of the molecule is C1=Cc2cccc3cc4c(c(c23)C1)[SiH](c1ccccc1)c1ccccc1C4.C1=Cc2cccc3cc4c(c(c23)C1)[SiH](c1ccccc1)c1ccccc1N4c1ccccc1.O=[N+]([O-])c1ccccc1[SiH](c1ccccc1)c1ccc2cccc3c2c1CC=C3.c1ccccc1.c1ccccc1.c1ccccc1. The van der Waals surface area contributed by atoms with Gasteiger partial charge in [-0.3, -0.25) is 10.1 Å². The predicted octanol–water partition coefficient (Wildman–Crippen LogP) is 17.6. The summed E-state index contributed by atoms with van der Waals surface area (Å²) >= 11 is 0. The minimum Gasteiger partial charge on any atom is -0.311 e. The molecule has 21 rings (SSSR count). The molecule has 0 spiro atoms. The number of fused-ring (bicyclic) bond motifs is 6. The van der Waals surface area contributed by atoms with Gasteiger partial charge in [0, 0.05) is 28.3 Å². The molecule has 107 heavy (non-hydrogen) atoms. The zero-order chi connectivity index (χ0) is 72.1. The highest BCUT2D eigenvalue weighted by Crippen LogP contribution is 2.41. The lowest BCUT2D eigenvalue weighted by Gasteiger charge is -2.39. The molecule has 0 fully saturated rings. The zero-order valence-electron chi connectivity index (χ0n) is 59.6. The molecule has 16 aromatic rings. The van der Waals surface area contributed by atoms with Gasteiger partial charge in [-0.15, -0.1) is 0 Å². The van der Waals surface area contributed by atoms with Crippen LogP contribution in [0.1, 0.15) is 44.5 Å². The highest BCUT2D eigenvalue weighted by atomic mass is 28.3. The average Bonchev–Trinajstić information content (AvgIpc) is 0.733. The highest BCUT2D eigenvalue weighted by Gasteiger charge is 2.38. The molecule has 16 aromatic carbocycles. The van der Waals surface area contributed by atoms with Gasteiger partial charge in [0.2, 0.25) is 0 Å². The van der Waals surface area contributed by atoms with Crippen molar-refractivity contribution < 1.29 is 4.92 Å². The van der Waals surface area contributed by atoms with Gasteiger partial charge in [-0.05, 0) is 153 Å². The molecule has 5 aliphatic rings. The number of nitrogens with zero attached hydrogens (tertiary/aromatic N) is 2. The summed E-state index contributed by atoms with van der Waals surface area (Å²) in [5.74, 6) is 0. The van der Waals surface area contributed by atoms with Gasteiger partial charge in [0.1, 0.15) is 26.4 Å². The first-order valence-electron chi connectivity index (χ1n) is 37.1. The molecule has 0 radical (unpaired) electrons. The second kappa shape index (κ2) is 32.6. The van der Waals surface area contributed by atoms with Gasteiger partial charge in [-0.1, -0.05) is 404 Å². The summed E-state index contributed by atoms with van der Waals surface area (Å²) in [5, 5.41) is 32.8. The molecule has 2 aliphatic heterocycles. The van der Waals surface area contributed by atoms with Gasteiger partial charge in [-0.25, -0.2) is 0 Å². The number of nitro groups is 1. The Balaban J connectivity index is 0.000000110. The number of allylic oxidation sites excluding steroid dienone is 3. The van der Waals surface area contributed by atoms with Crippen LogP contribution in [0.5, 0.6) is 0 Å². The van der Waals surface area contributed by atoms with Crippen molar-refractivity contribution in [2.45, 2.75) is 25.7 Å². The Bertz CT molecular complexity index is 5720. The van der Waals surface area contributed by atoms with Crippen LogP contribution in [0.25, 0.3) is 50.5 Å². The fraction of sp³-hybridized carbons (Fsp3) is 0.0400. The van der Waals surface area contributed by atoms with Crippen LogP contribution in [0.4, 0.5) is 22.7 Å². The first-order chi connectivity index (χ1) is 53.0.